The van der Waals surface area contributed by atoms with E-state index < -0.39 is 0 Å². The highest BCUT2D eigenvalue weighted by Crippen LogP contribution is 2.21. The van der Waals surface area contributed by atoms with Gasteiger partial charge in [0.1, 0.15) is 5.82 Å². The zero-order valence-electron chi connectivity index (χ0n) is 10.3. The minimum Gasteiger partial charge on any atom is -0.362 e. The number of hydrogen-bond donors (Lipinski definition) is 1. The number of nitrogens with zero attached hydrogens (tertiary/aromatic N) is 3. The lowest BCUT2D eigenvalue weighted by Gasteiger charge is -2.18. The van der Waals surface area contributed by atoms with Gasteiger partial charge in [0.15, 0.2) is 0 Å². The Balaban J connectivity index is 2.44. The third-order valence-electron chi connectivity index (χ3n) is 2.92. The van der Waals surface area contributed by atoms with Crippen molar-refractivity contribution < 1.29 is 0 Å². The van der Waals surface area contributed by atoms with Crippen LogP contribution in [0.4, 0.5) is 5.69 Å². The van der Waals surface area contributed by atoms with Crippen LogP contribution in [0.5, 0.6) is 0 Å². The predicted molar refractivity (Wildman–Crippen MR) is 67.8 cm³/mol. The Morgan fingerprint density at radius 1 is 1.44 bits per heavy atom. The molecule has 1 heterocycles. The van der Waals surface area contributed by atoms with Gasteiger partial charge in [-0.15, -0.1) is 0 Å². The number of rotatable bonds is 3. The van der Waals surface area contributed by atoms with Crippen molar-refractivity contribution in [3.63, 3.8) is 0 Å². The molecule has 0 amide bonds. The molecule has 16 heavy (non-hydrogen) atoms. The maximum atomic E-state index is 4.53. The molecular formula is C12H18N4. The summed E-state index contributed by atoms with van der Waals surface area (Å²) in [7, 11) is 6.05. The van der Waals surface area contributed by atoms with Crippen LogP contribution in [0, 0.1) is 6.92 Å². The van der Waals surface area contributed by atoms with Crippen LogP contribution >= 0.6 is 0 Å². The van der Waals surface area contributed by atoms with Crippen LogP contribution in [0.25, 0.3) is 11.0 Å². The van der Waals surface area contributed by atoms with E-state index in [0.29, 0.717) is 0 Å². The van der Waals surface area contributed by atoms with E-state index in [4.69, 9.17) is 0 Å². The first-order valence-electron chi connectivity index (χ1n) is 5.42. The summed E-state index contributed by atoms with van der Waals surface area (Å²) in [5, 5.41) is 3.13. The minimum absolute atomic E-state index is 0.831. The van der Waals surface area contributed by atoms with Crippen molar-refractivity contribution in [2.45, 2.75) is 6.92 Å². The summed E-state index contributed by atoms with van der Waals surface area (Å²) in [6, 6.07) is 6.37. The number of aromatic nitrogens is 2. The molecule has 0 saturated carbocycles. The van der Waals surface area contributed by atoms with E-state index in [0.717, 1.165) is 18.0 Å². The van der Waals surface area contributed by atoms with E-state index in [-0.39, 0.29) is 0 Å². The molecular weight excluding hydrogens is 200 g/mol. The van der Waals surface area contributed by atoms with E-state index in [1.54, 1.807) is 0 Å². The van der Waals surface area contributed by atoms with Crippen LogP contribution in [0.2, 0.25) is 0 Å². The molecule has 2 aromatic rings. The molecule has 0 unspecified atom stereocenters. The predicted octanol–water partition coefficient (Wildman–Crippen LogP) is 1.49. The topological polar surface area (TPSA) is 33.1 Å². The Morgan fingerprint density at radius 2 is 2.19 bits per heavy atom. The van der Waals surface area contributed by atoms with Crippen LogP contribution in [-0.2, 0) is 7.05 Å². The molecule has 0 radical (unpaired) electrons. The monoisotopic (exact) mass is 218 g/mol. The van der Waals surface area contributed by atoms with Crippen molar-refractivity contribution in [2.24, 2.45) is 7.05 Å². The average molecular weight is 218 g/mol. The molecule has 0 bridgehead atoms. The lowest BCUT2D eigenvalue weighted by Crippen LogP contribution is -2.28. The molecule has 86 valence electrons. The Kier molecular flexibility index (Phi) is 2.83. The van der Waals surface area contributed by atoms with E-state index in [9.17, 15) is 0 Å². The summed E-state index contributed by atoms with van der Waals surface area (Å²) in [6.45, 7) is 2.86. The van der Waals surface area contributed by atoms with Gasteiger partial charge in [-0.2, -0.15) is 0 Å². The fourth-order valence-corrected chi connectivity index (χ4v) is 1.87. The van der Waals surface area contributed by atoms with Crippen LogP contribution in [0.3, 0.4) is 0 Å². The first-order valence-corrected chi connectivity index (χ1v) is 5.42. The van der Waals surface area contributed by atoms with Crippen molar-refractivity contribution in [2.75, 3.05) is 25.7 Å². The third kappa shape index (κ3) is 1.76. The van der Waals surface area contributed by atoms with Gasteiger partial charge in [0, 0.05) is 19.8 Å². The molecule has 0 aliphatic rings. The summed E-state index contributed by atoms with van der Waals surface area (Å²) < 4.78 is 2.11. The zero-order valence-corrected chi connectivity index (χ0v) is 10.3. The summed E-state index contributed by atoms with van der Waals surface area (Å²) in [6.07, 6.45) is 0. The molecule has 1 aromatic heterocycles. The van der Waals surface area contributed by atoms with Crippen LogP contribution < -0.4 is 10.2 Å². The third-order valence-corrected chi connectivity index (χ3v) is 2.92. The fourth-order valence-electron chi connectivity index (χ4n) is 1.87. The van der Waals surface area contributed by atoms with E-state index in [1.807, 2.05) is 21.0 Å². The lowest BCUT2D eigenvalue weighted by atomic mass is 10.2. The summed E-state index contributed by atoms with van der Waals surface area (Å²) in [5.41, 5.74) is 3.42. The van der Waals surface area contributed by atoms with Gasteiger partial charge in [-0.1, -0.05) is 0 Å². The molecule has 0 fully saturated rings. The number of fused-ring (bicyclic) bond motifs is 1. The molecule has 0 spiro atoms. The Bertz CT molecular complexity index is 501. The van der Waals surface area contributed by atoms with Gasteiger partial charge < -0.3 is 14.8 Å². The molecule has 1 aromatic carbocycles. The molecule has 0 saturated heterocycles. The molecule has 0 aliphatic carbocycles. The Labute approximate surface area is 95.9 Å². The quantitative estimate of drug-likeness (QED) is 0.792. The van der Waals surface area contributed by atoms with Gasteiger partial charge in [0.05, 0.1) is 17.7 Å². The SMILES string of the molecule is CNCN(C)c1ccc2c(c1)nc(C)n2C. The number of hydrogen-bond acceptors (Lipinski definition) is 3. The van der Waals surface area contributed by atoms with Crippen LogP contribution in [0.15, 0.2) is 18.2 Å². The molecule has 0 aliphatic heterocycles. The standard InChI is InChI=1S/C12H18N4/c1-9-14-11-7-10(15(3)8-13-2)5-6-12(11)16(9)4/h5-7,13H,8H2,1-4H3. The second-order valence-electron chi connectivity index (χ2n) is 4.10. The fraction of sp³-hybridized carbons (Fsp3) is 0.417. The lowest BCUT2D eigenvalue weighted by molar-refractivity contribution is 0.776. The van der Waals surface area contributed by atoms with E-state index >= 15 is 0 Å². The molecule has 1 N–H and O–H groups in total. The highest BCUT2D eigenvalue weighted by Gasteiger charge is 2.06. The molecule has 4 heteroatoms. The van der Waals surface area contributed by atoms with Crippen molar-refractivity contribution in [3.8, 4) is 0 Å². The molecule has 0 atom stereocenters. The maximum absolute atomic E-state index is 4.53. The van der Waals surface area contributed by atoms with E-state index in [1.165, 1.54) is 11.2 Å². The van der Waals surface area contributed by atoms with Gasteiger partial charge in [-0.05, 0) is 32.2 Å². The highest BCUT2D eigenvalue weighted by atomic mass is 15.2. The van der Waals surface area contributed by atoms with E-state index in [2.05, 4.69) is 45.0 Å². The highest BCUT2D eigenvalue weighted by molar-refractivity contribution is 5.80. The first kappa shape index (κ1) is 11.0. The number of imidazole rings is 1. The summed E-state index contributed by atoms with van der Waals surface area (Å²) in [5.74, 6) is 1.04. The Morgan fingerprint density at radius 3 is 2.88 bits per heavy atom. The van der Waals surface area contributed by atoms with Crippen molar-refractivity contribution in [1.82, 2.24) is 14.9 Å². The van der Waals surface area contributed by atoms with Crippen molar-refractivity contribution in [3.05, 3.63) is 24.0 Å². The Hall–Kier alpha value is -1.55. The van der Waals surface area contributed by atoms with Gasteiger partial charge in [0.2, 0.25) is 0 Å². The second kappa shape index (κ2) is 4.14. The number of benzene rings is 1. The summed E-state index contributed by atoms with van der Waals surface area (Å²) in [4.78, 5) is 6.69. The van der Waals surface area contributed by atoms with Crippen LogP contribution in [-0.4, -0.2) is 30.3 Å². The van der Waals surface area contributed by atoms with Gasteiger partial charge in [-0.3, -0.25) is 0 Å². The van der Waals surface area contributed by atoms with Gasteiger partial charge >= 0.3 is 0 Å². The summed E-state index contributed by atoms with van der Waals surface area (Å²) >= 11 is 0. The minimum atomic E-state index is 0.831. The van der Waals surface area contributed by atoms with Crippen molar-refractivity contribution >= 4 is 16.7 Å². The largest absolute Gasteiger partial charge is 0.362 e. The average Bonchev–Trinajstić information content (AvgIpc) is 2.55. The van der Waals surface area contributed by atoms with Gasteiger partial charge in [0.25, 0.3) is 0 Å². The van der Waals surface area contributed by atoms with Crippen molar-refractivity contribution in [1.29, 1.82) is 0 Å². The second-order valence-corrected chi connectivity index (χ2v) is 4.10. The zero-order chi connectivity index (χ0) is 11.7. The smallest absolute Gasteiger partial charge is 0.106 e. The normalized spacial score (nSPS) is 11.0. The number of anilines is 1. The first-order chi connectivity index (χ1) is 7.63. The number of nitrogens with one attached hydrogen (secondary N) is 1. The maximum Gasteiger partial charge on any atom is 0.106 e. The number of aryl methyl sites for hydroxylation is 2. The van der Waals surface area contributed by atoms with Crippen LogP contribution in [0.1, 0.15) is 5.82 Å². The van der Waals surface area contributed by atoms with Gasteiger partial charge in [-0.25, -0.2) is 4.98 Å². The molecule has 4 nitrogen and oxygen atoms in total. The molecule has 2 rings (SSSR count).